The number of aromatic nitrogens is 4. The molecule has 4 heterocycles. The van der Waals surface area contributed by atoms with Crippen LogP contribution in [0.5, 0.6) is 0 Å². The summed E-state index contributed by atoms with van der Waals surface area (Å²) >= 11 is 0. The second-order valence-electron chi connectivity index (χ2n) is 12.3. The van der Waals surface area contributed by atoms with E-state index in [0.29, 0.717) is 21.8 Å². The second-order valence-corrected chi connectivity index (χ2v) is 18.1. The molecule has 0 unspecified atom stereocenters. The molecule has 0 bridgehead atoms. The van der Waals surface area contributed by atoms with Crippen LogP contribution in [0.15, 0.2) is 107 Å². The number of nitrogens with one attached hydrogen (secondary N) is 2. The van der Waals surface area contributed by atoms with Gasteiger partial charge in [-0.3, -0.25) is 29.0 Å². The average Bonchev–Trinajstić information content (AvgIpc) is 3.15. The summed E-state index contributed by atoms with van der Waals surface area (Å²) in [7, 11) is 1.95. The van der Waals surface area contributed by atoms with Gasteiger partial charge in [-0.05, 0) is 84.9 Å². The first-order valence-electron chi connectivity index (χ1n) is 16.1. The first kappa shape index (κ1) is 38.4. The van der Waals surface area contributed by atoms with Crippen molar-refractivity contribution in [3.63, 3.8) is 0 Å². The molecule has 54 heavy (non-hydrogen) atoms. The Morgan fingerprint density at radius 1 is 0.574 bits per heavy atom. The van der Waals surface area contributed by atoms with Crippen molar-refractivity contribution in [2.75, 3.05) is 58.9 Å². The van der Waals surface area contributed by atoms with E-state index in [9.17, 15) is 26.4 Å². The summed E-state index contributed by atoms with van der Waals surface area (Å²) in [5.74, 6) is 0.944. The molecule has 0 saturated carbocycles. The standard InChI is InChI=1S/C36H34N8O6S4/c1-43(2)35-15-5-23-17-27(9-13-29(23)39-35)53(47,48)41-25-7-11-31(37-19-25)33(45)21-51-52-22-34(46)32-12-8-26(20-38-32)42-54(49,50)28-10-14-30-24(18-28)6-16-36(40-30)44(3)4/h5-20,41-42H,21-22H2,1-4H3. The zero-order valence-corrected chi connectivity index (χ0v) is 32.7. The number of benzene rings is 2. The van der Waals surface area contributed by atoms with E-state index < -0.39 is 20.0 Å². The van der Waals surface area contributed by atoms with E-state index in [4.69, 9.17) is 0 Å². The fourth-order valence-corrected chi connectivity index (χ4v) is 9.00. The second kappa shape index (κ2) is 16.0. The Labute approximate surface area is 320 Å². The zero-order chi connectivity index (χ0) is 38.6. The summed E-state index contributed by atoms with van der Waals surface area (Å²) in [5.41, 5.74) is 1.99. The number of carbonyl (C=O) groups excluding carboxylic acids is 2. The normalized spacial score (nSPS) is 11.7. The Hall–Kier alpha value is -5.30. The van der Waals surface area contributed by atoms with Gasteiger partial charge in [0, 0.05) is 39.0 Å². The molecule has 0 radical (unpaired) electrons. The van der Waals surface area contributed by atoms with Crippen molar-refractivity contribution in [2.45, 2.75) is 9.79 Å². The molecule has 0 spiro atoms. The number of carbonyl (C=O) groups is 2. The third-order valence-electron chi connectivity index (χ3n) is 7.90. The molecule has 278 valence electrons. The lowest BCUT2D eigenvalue weighted by atomic mass is 10.2. The minimum Gasteiger partial charge on any atom is -0.363 e. The van der Waals surface area contributed by atoms with E-state index >= 15 is 0 Å². The first-order chi connectivity index (χ1) is 25.7. The SMILES string of the molecule is CN(C)c1ccc2cc(S(=O)(=O)Nc3ccc(C(=O)CSSCC(=O)c4ccc(NS(=O)(=O)c5ccc6nc(N(C)C)ccc6c5)cn4)nc3)ccc2n1. The predicted octanol–water partition coefficient (Wildman–Crippen LogP) is 5.75. The number of ketones is 2. The molecule has 4 aromatic heterocycles. The van der Waals surface area contributed by atoms with Crippen molar-refractivity contribution < 1.29 is 26.4 Å². The summed E-state index contributed by atoms with van der Waals surface area (Å²) < 4.78 is 57.2. The molecule has 6 aromatic rings. The van der Waals surface area contributed by atoms with E-state index in [1.54, 1.807) is 36.4 Å². The molecule has 2 aromatic carbocycles. The van der Waals surface area contributed by atoms with E-state index in [-0.39, 0.29) is 55.6 Å². The molecule has 0 amide bonds. The third-order valence-corrected chi connectivity index (χ3v) is 12.8. The van der Waals surface area contributed by atoms with Crippen LogP contribution < -0.4 is 19.2 Å². The Morgan fingerprint density at radius 3 is 1.33 bits per heavy atom. The lowest BCUT2D eigenvalue weighted by Gasteiger charge is -2.12. The maximum Gasteiger partial charge on any atom is 0.261 e. The van der Waals surface area contributed by atoms with Crippen LogP contribution in [0, 0.1) is 0 Å². The maximum atomic E-state index is 13.1. The number of anilines is 4. The minimum absolute atomic E-state index is 0.0203. The van der Waals surface area contributed by atoms with Gasteiger partial charge < -0.3 is 9.80 Å². The lowest BCUT2D eigenvalue weighted by Crippen LogP contribution is -2.14. The molecule has 14 nitrogen and oxygen atoms in total. The van der Waals surface area contributed by atoms with Crippen LogP contribution in [-0.4, -0.2) is 88.0 Å². The van der Waals surface area contributed by atoms with Crippen molar-refractivity contribution in [1.82, 2.24) is 19.9 Å². The minimum atomic E-state index is -3.94. The van der Waals surface area contributed by atoms with E-state index in [1.807, 2.05) is 38.0 Å². The zero-order valence-electron chi connectivity index (χ0n) is 29.4. The number of fused-ring (bicyclic) bond motifs is 2. The highest BCUT2D eigenvalue weighted by molar-refractivity contribution is 8.77. The molecule has 18 heteroatoms. The third kappa shape index (κ3) is 9.07. The average molecular weight is 803 g/mol. The van der Waals surface area contributed by atoms with Gasteiger partial charge in [0.05, 0.1) is 56.1 Å². The van der Waals surface area contributed by atoms with Crippen molar-refractivity contribution >= 4 is 98.0 Å². The highest BCUT2D eigenvalue weighted by Gasteiger charge is 2.19. The summed E-state index contributed by atoms with van der Waals surface area (Å²) in [5, 5.41) is 1.34. The van der Waals surface area contributed by atoms with Crippen LogP contribution in [0.2, 0.25) is 0 Å². The number of pyridine rings is 4. The molecular weight excluding hydrogens is 769 g/mol. The largest absolute Gasteiger partial charge is 0.363 e. The van der Waals surface area contributed by atoms with Gasteiger partial charge in [-0.1, -0.05) is 21.6 Å². The number of Topliss-reactive ketones (excluding diaryl/α,β-unsaturated/α-hetero) is 2. The smallest absolute Gasteiger partial charge is 0.261 e. The first-order valence-corrected chi connectivity index (χ1v) is 21.6. The van der Waals surface area contributed by atoms with Crippen molar-refractivity contribution in [2.24, 2.45) is 0 Å². The van der Waals surface area contributed by atoms with Crippen molar-refractivity contribution in [3.05, 3.63) is 109 Å². The highest BCUT2D eigenvalue weighted by atomic mass is 33.1. The van der Waals surface area contributed by atoms with Crippen LogP contribution in [0.1, 0.15) is 21.0 Å². The monoisotopic (exact) mass is 802 g/mol. The number of sulfonamides is 2. The Bertz CT molecular complexity index is 2410. The van der Waals surface area contributed by atoms with Gasteiger partial charge in [0.1, 0.15) is 23.0 Å². The van der Waals surface area contributed by atoms with Gasteiger partial charge in [-0.25, -0.2) is 26.8 Å². The Morgan fingerprint density at radius 2 is 0.981 bits per heavy atom. The molecule has 0 saturated heterocycles. The van der Waals surface area contributed by atoms with Gasteiger partial charge in [0.25, 0.3) is 20.0 Å². The number of nitrogens with zero attached hydrogens (tertiary/aromatic N) is 6. The number of hydrogen-bond acceptors (Lipinski definition) is 14. The van der Waals surface area contributed by atoms with Crippen molar-refractivity contribution in [3.8, 4) is 0 Å². The van der Waals surface area contributed by atoms with Crippen LogP contribution >= 0.6 is 21.6 Å². The fraction of sp³-hybridized carbons (Fsp3) is 0.167. The number of hydrogen-bond donors (Lipinski definition) is 2. The number of rotatable bonds is 15. The van der Waals surface area contributed by atoms with Crippen molar-refractivity contribution in [1.29, 1.82) is 0 Å². The molecule has 2 N–H and O–H groups in total. The topological polar surface area (TPSA) is 185 Å². The van der Waals surface area contributed by atoms with Crippen LogP contribution in [0.25, 0.3) is 21.8 Å². The van der Waals surface area contributed by atoms with Crippen LogP contribution in [-0.2, 0) is 20.0 Å². The van der Waals surface area contributed by atoms with Crippen LogP contribution in [0.4, 0.5) is 23.0 Å². The van der Waals surface area contributed by atoms with E-state index in [2.05, 4.69) is 29.4 Å². The molecule has 0 aliphatic rings. The molecule has 0 aliphatic carbocycles. The van der Waals surface area contributed by atoms with Gasteiger partial charge in [-0.2, -0.15) is 0 Å². The predicted molar refractivity (Wildman–Crippen MR) is 216 cm³/mol. The summed E-state index contributed by atoms with van der Waals surface area (Å²) in [6, 6.07) is 22.3. The highest BCUT2D eigenvalue weighted by Crippen LogP contribution is 2.26. The van der Waals surface area contributed by atoms with E-state index in [1.165, 1.54) is 82.5 Å². The summed E-state index contributed by atoms with van der Waals surface area (Å²) in [4.78, 5) is 46.6. The molecule has 0 aliphatic heterocycles. The van der Waals surface area contributed by atoms with Gasteiger partial charge in [0.2, 0.25) is 0 Å². The summed E-state index contributed by atoms with van der Waals surface area (Å²) in [6.07, 6.45) is 2.54. The van der Waals surface area contributed by atoms with Gasteiger partial charge in [0.15, 0.2) is 11.6 Å². The summed E-state index contributed by atoms with van der Waals surface area (Å²) in [6.45, 7) is 0. The lowest BCUT2D eigenvalue weighted by molar-refractivity contribution is 0.100. The fourth-order valence-electron chi connectivity index (χ4n) is 5.02. The molecule has 0 atom stereocenters. The Balaban J connectivity index is 0.968. The Kier molecular flexibility index (Phi) is 11.4. The maximum absolute atomic E-state index is 13.1. The quantitative estimate of drug-likeness (QED) is 0.0726. The molecule has 0 fully saturated rings. The molecule has 6 rings (SSSR count). The van der Waals surface area contributed by atoms with Gasteiger partial charge in [-0.15, -0.1) is 0 Å². The molecular formula is C36H34N8O6S4. The van der Waals surface area contributed by atoms with Crippen LogP contribution in [0.3, 0.4) is 0 Å². The van der Waals surface area contributed by atoms with Gasteiger partial charge >= 0.3 is 0 Å². The van der Waals surface area contributed by atoms with E-state index in [0.717, 1.165) is 11.6 Å².